The molecule has 21 heavy (non-hydrogen) atoms. The highest BCUT2D eigenvalue weighted by molar-refractivity contribution is 5.09. The lowest BCUT2D eigenvalue weighted by Gasteiger charge is -2.60. The van der Waals surface area contributed by atoms with Gasteiger partial charge in [0.15, 0.2) is 0 Å². The topological polar surface area (TPSA) is 46.2 Å². The van der Waals surface area contributed by atoms with Crippen LogP contribution in [0.1, 0.15) is 71.6 Å². The van der Waals surface area contributed by atoms with Crippen LogP contribution in [0.5, 0.6) is 0 Å². The molecular formula is C19H33NO. The zero-order valence-electron chi connectivity index (χ0n) is 13.9. The van der Waals surface area contributed by atoms with Crippen molar-refractivity contribution in [1.82, 2.24) is 0 Å². The minimum atomic E-state index is -0.0336. The summed E-state index contributed by atoms with van der Waals surface area (Å²) in [6.07, 6.45) is 11.6. The lowest BCUT2D eigenvalue weighted by molar-refractivity contribution is -0.122. The molecule has 0 spiro atoms. The van der Waals surface area contributed by atoms with Gasteiger partial charge in [-0.3, -0.25) is 0 Å². The largest absolute Gasteiger partial charge is 0.393 e. The van der Waals surface area contributed by atoms with E-state index < -0.39 is 0 Å². The molecule has 3 N–H and O–H groups in total. The van der Waals surface area contributed by atoms with Crippen LogP contribution in [0.25, 0.3) is 0 Å². The first-order chi connectivity index (χ1) is 9.95. The third-order valence-corrected chi connectivity index (χ3v) is 8.66. The van der Waals surface area contributed by atoms with E-state index >= 15 is 0 Å². The summed E-state index contributed by atoms with van der Waals surface area (Å²) in [6.45, 7) is 4.98. The quantitative estimate of drug-likeness (QED) is 0.714. The van der Waals surface area contributed by atoms with Crippen LogP contribution in [0.2, 0.25) is 0 Å². The fourth-order valence-corrected chi connectivity index (χ4v) is 7.26. The van der Waals surface area contributed by atoms with Crippen molar-refractivity contribution in [2.45, 2.75) is 83.8 Å². The summed E-state index contributed by atoms with van der Waals surface area (Å²) in [5.41, 5.74) is 7.04. The van der Waals surface area contributed by atoms with E-state index in [1.54, 1.807) is 0 Å². The fourth-order valence-electron chi connectivity index (χ4n) is 7.26. The van der Waals surface area contributed by atoms with Crippen LogP contribution in [0, 0.1) is 34.5 Å². The van der Waals surface area contributed by atoms with Crippen molar-refractivity contribution in [2.24, 2.45) is 40.2 Å². The number of rotatable bonds is 0. The molecule has 2 heteroatoms. The molecule has 4 saturated carbocycles. The molecule has 0 amide bonds. The zero-order valence-corrected chi connectivity index (χ0v) is 13.9. The van der Waals surface area contributed by atoms with Crippen molar-refractivity contribution in [2.75, 3.05) is 0 Å². The number of fused-ring (bicyclic) bond motifs is 5. The van der Waals surface area contributed by atoms with Gasteiger partial charge in [-0.15, -0.1) is 0 Å². The van der Waals surface area contributed by atoms with E-state index in [0.29, 0.717) is 11.5 Å². The molecule has 0 aromatic carbocycles. The molecule has 0 radical (unpaired) electrons. The van der Waals surface area contributed by atoms with Crippen LogP contribution in [0.4, 0.5) is 0 Å². The Hall–Kier alpha value is -0.0800. The number of aliphatic hydroxyl groups is 1. The smallest absolute Gasteiger partial charge is 0.0596 e. The van der Waals surface area contributed by atoms with Gasteiger partial charge in [0.2, 0.25) is 0 Å². The highest BCUT2D eigenvalue weighted by Crippen LogP contribution is 2.66. The average Bonchev–Trinajstić information content (AvgIpc) is 2.76. The van der Waals surface area contributed by atoms with E-state index in [-0.39, 0.29) is 11.5 Å². The molecule has 4 rings (SSSR count). The number of aliphatic hydroxyl groups excluding tert-OH is 1. The van der Waals surface area contributed by atoms with Crippen molar-refractivity contribution < 1.29 is 5.11 Å². The van der Waals surface area contributed by atoms with Gasteiger partial charge in [-0.05, 0) is 92.3 Å². The molecule has 0 unspecified atom stereocenters. The van der Waals surface area contributed by atoms with E-state index in [0.717, 1.165) is 30.1 Å². The van der Waals surface area contributed by atoms with Gasteiger partial charge < -0.3 is 10.8 Å². The maximum Gasteiger partial charge on any atom is 0.0596 e. The first-order valence-electron chi connectivity index (χ1n) is 9.39. The molecular weight excluding hydrogens is 258 g/mol. The first-order valence-corrected chi connectivity index (χ1v) is 9.39. The standard InChI is InChI=1S/C19H33NO/c1-18-9-7-13(20)11-12(18)3-4-14-15-5-6-17(21)19(15,2)10-8-16(14)18/h12-17,21H,3-11,20H2,1-2H3/t12-,13+,14+,15+,16+,17+,18-,19-/m0/s1. The Morgan fingerprint density at radius 3 is 2.38 bits per heavy atom. The molecule has 4 aliphatic carbocycles. The Kier molecular flexibility index (Phi) is 3.25. The third-order valence-electron chi connectivity index (χ3n) is 8.66. The number of hydrogen-bond donors (Lipinski definition) is 2. The summed E-state index contributed by atoms with van der Waals surface area (Å²) < 4.78 is 0. The van der Waals surface area contributed by atoms with Crippen LogP contribution in [-0.4, -0.2) is 17.3 Å². The Morgan fingerprint density at radius 2 is 1.57 bits per heavy atom. The van der Waals surface area contributed by atoms with Gasteiger partial charge in [-0.1, -0.05) is 13.8 Å². The lowest BCUT2D eigenvalue weighted by atomic mass is 9.45. The minimum absolute atomic E-state index is 0.0336. The molecule has 4 aliphatic rings. The van der Waals surface area contributed by atoms with Gasteiger partial charge in [-0.2, -0.15) is 0 Å². The molecule has 0 saturated heterocycles. The van der Waals surface area contributed by atoms with E-state index in [1.807, 2.05) is 0 Å². The van der Waals surface area contributed by atoms with Gasteiger partial charge in [-0.25, -0.2) is 0 Å². The highest BCUT2D eigenvalue weighted by atomic mass is 16.3. The minimum Gasteiger partial charge on any atom is -0.393 e. The predicted molar refractivity (Wildman–Crippen MR) is 85.7 cm³/mol. The van der Waals surface area contributed by atoms with Gasteiger partial charge in [0, 0.05) is 6.04 Å². The van der Waals surface area contributed by atoms with Crippen LogP contribution in [-0.2, 0) is 0 Å². The predicted octanol–water partition coefficient (Wildman–Crippen LogP) is 3.72. The second kappa shape index (κ2) is 4.71. The summed E-state index contributed by atoms with van der Waals surface area (Å²) in [7, 11) is 0. The summed E-state index contributed by atoms with van der Waals surface area (Å²) in [5, 5.41) is 10.5. The van der Waals surface area contributed by atoms with Gasteiger partial charge >= 0.3 is 0 Å². The van der Waals surface area contributed by atoms with Gasteiger partial charge in [0.25, 0.3) is 0 Å². The Morgan fingerprint density at radius 1 is 0.857 bits per heavy atom. The maximum atomic E-state index is 10.5. The molecule has 0 heterocycles. The van der Waals surface area contributed by atoms with Gasteiger partial charge in [0.05, 0.1) is 6.10 Å². The normalized spacial score (nSPS) is 60.0. The first kappa shape index (κ1) is 14.5. The SMILES string of the molecule is C[C@]12CC[C@@H](N)C[C@@H]1CC[C@H]1[C@H]2CC[C@]2(C)[C@H](O)CC[C@H]12. The van der Waals surface area contributed by atoms with Crippen LogP contribution >= 0.6 is 0 Å². The van der Waals surface area contributed by atoms with E-state index in [9.17, 15) is 5.11 Å². The third kappa shape index (κ3) is 1.91. The summed E-state index contributed by atoms with van der Waals surface area (Å²) in [5.74, 6) is 3.46. The monoisotopic (exact) mass is 291 g/mol. The maximum absolute atomic E-state index is 10.5. The van der Waals surface area contributed by atoms with Crippen LogP contribution in [0.3, 0.4) is 0 Å². The molecule has 0 aliphatic heterocycles. The molecule has 0 aromatic heterocycles. The fraction of sp³-hybridized carbons (Fsp3) is 1.00. The van der Waals surface area contributed by atoms with Crippen molar-refractivity contribution in [3.05, 3.63) is 0 Å². The van der Waals surface area contributed by atoms with Crippen molar-refractivity contribution in [3.63, 3.8) is 0 Å². The highest BCUT2D eigenvalue weighted by Gasteiger charge is 2.59. The number of hydrogen-bond acceptors (Lipinski definition) is 2. The van der Waals surface area contributed by atoms with Crippen LogP contribution < -0.4 is 5.73 Å². The second-order valence-electron chi connectivity index (χ2n) is 9.33. The van der Waals surface area contributed by atoms with E-state index in [2.05, 4.69) is 13.8 Å². The summed E-state index contributed by atoms with van der Waals surface area (Å²) >= 11 is 0. The second-order valence-corrected chi connectivity index (χ2v) is 9.33. The number of nitrogens with two attached hydrogens (primary N) is 1. The molecule has 4 fully saturated rings. The molecule has 2 nitrogen and oxygen atoms in total. The van der Waals surface area contributed by atoms with Crippen molar-refractivity contribution >= 4 is 0 Å². The molecule has 0 bridgehead atoms. The Bertz CT molecular complexity index is 424. The van der Waals surface area contributed by atoms with E-state index in [4.69, 9.17) is 5.73 Å². The lowest BCUT2D eigenvalue weighted by Crippen LogP contribution is -2.55. The van der Waals surface area contributed by atoms with Crippen molar-refractivity contribution in [1.29, 1.82) is 0 Å². The molecule has 8 atom stereocenters. The Balaban J connectivity index is 1.62. The zero-order chi connectivity index (χ0) is 14.8. The van der Waals surface area contributed by atoms with E-state index in [1.165, 1.54) is 51.4 Å². The van der Waals surface area contributed by atoms with Gasteiger partial charge in [0.1, 0.15) is 0 Å². The van der Waals surface area contributed by atoms with Crippen molar-refractivity contribution in [3.8, 4) is 0 Å². The summed E-state index contributed by atoms with van der Waals surface area (Å²) in [4.78, 5) is 0. The average molecular weight is 291 g/mol. The summed E-state index contributed by atoms with van der Waals surface area (Å²) in [6, 6.07) is 0.460. The van der Waals surface area contributed by atoms with Crippen LogP contribution in [0.15, 0.2) is 0 Å². The molecule has 120 valence electrons. The Labute approximate surface area is 129 Å². The molecule has 0 aromatic rings.